The molecule has 1 aromatic carbocycles. The van der Waals surface area contributed by atoms with E-state index in [1.807, 2.05) is 0 Å². The van der Waals surface area contributed by atoms with E-state index in [1.54, 1.807) is 6.07 Å². The first kappa shape index (κ1) is 14.3. The highest BCUT2D eigenvalue weighted by Crippen LogP contribution is 2.47. The van der Waals surface area contributed by atoms with Crippen molar-refractivity contribution in [2.24, 2.45) is 11.8 Å². The number of halogens is 2. The molecule has 0 radical (unpaired) electrons. The van der Waals surface area contributed by atoms with Crippen molar-refractivity contribution in [3.8, 4) is 0 Å². The summed E-state index contributed by atoms with van der Waals surface area (Å²) in [6, 6.07) is 4.46. The van der Waals surface area contributed by atoms with Crippen molar-refractivity contribution >= 4 is 11.6 Å². The zero-order valence-electron chi connectivity index (χ0n) is 11.4. The minimum Gasteiger partial charge on any atom is -0.375 e. The van der Waals surface area contributed by atoms with Gasteiger partial charge in [0.1, 0.15) is 5.82 Å². The number of hydrogen-bond donors (Lipinski definition) is 2. The second-order valence-electron chi connectivity index (χ2n) is 5.95. The second kappa shape index (κ2) is 5.60. The molecule has 1 aliphatic carbocycles. The van der Waals surface area contributed by atoms with Gasteiger partial charge in [0.25, 0.3) is 0 Å². The van der Waals surface area contributed by atoms with E-state index in [0.29, 0.717) is 10.9 Å². The predicted octanol–water partition coefficient (Wildman–Crippen LogP) is 3.33. The summed E-state index contributed by atoms with van der Waals surface area (Å²) in [7, 11) is 0. The van der Waals surface area contributed by atoms with Gasteiger partial charge < -0.3 is 4.74 Å². The van der Waals surface area contributed by atoms with Crippen LogP contribution in [-0.4, -0.2) is 12.2 Å². The fraction of sp³-hybridized carbons (Fsp3) is 0.600. The van der Waals surface area contributed by atoms with Gasteiger partial charge >= 0.3 is 0 Å². The Morgan fingerprint density at radius 2 is 2.25 bits per heavy atom. The lowest BCUT2D eigenvalue weighted by atomic mass is 9.70. The SMILES string of the molecule is NNC(c1ccc(F)cc1Cl)C1CCOC2(CCC2)C1. The van der Waals surface area contributed by atoms with Crippen LogP contribution in [0.15, 0.2) is 18.2 Å². The van der Waals surface area contributed by atoms with E-state index >= 15 is 0 Å². The third-order valence-electron chi connectivity index (χ3n) is 4.74. The molecule has 3 N–H and O–H groups in total. The monoisotopic (exact) mass is 298 g/mol. The largest absolute Gasteiger partial charge is 0.375 e. The van der Waals surface area contributed by atoms with E-state index in [-0.39, 0.29) is 17.5 Å². The average Bonchev–Trinajstić information content (AvgIpc) is 2.40. The van der Waals surface area contributed by atoms with Crippen LogP contribution in [0.25, 0.3) is 0 Å². The third-order valence-corrected chi connectivity index (χ3v) is 5.07. The second-order valence-corrected chi connectivity index (χ2v) is 6.36. The quantitative estimate of drug-likeness (QED) is 0.665. The average molecular weight is 299 g/mol. The van der Waals surface area contributed by atoms with Crippen LogP contribution in [-0.2, 0) is 4.74 Å². The van der Waals surface area contributed by atoms with Crippen molar-refractivity contribution in [1.82, 2.24) is 5.43 Å². The maximum absolute atomic E-state index is 13.2. The molecule has 3 rings (SSSR count). The van der Waals surface area contributed by atoms with Crippen LogP contribution in [0, 0.1) is 11.7 Å². The Balaban J connectivity index is 1.81. The zero-order valence-corrected chi connectivity index (χ0v) is 12.1. The number of hydrogen-bond acceptors (Lipinski definition) is 3. The van der Waals surface area contributed by atoms with Crippen LogP contribution in [0.2, 0.25) is 5.02 Å². The Kier molecular flexibility index (Phi) is 4.00. The molecule has 2 fully saturated rings. The number of nitrogens with two attached hydrogens (primary N) is 1. The summed E-state index contributed by atoms with van der Waals surface area (Å²) in [5, 5.41) is 0.433. The summed E-state index contributed by atoms with van der Waals surface area (Å²) in [6.45, 7) is 0.766. The Morgan fingerprint density at radius 1 is 1.45 bits per heavy atom. The molecule has 2 aliphatic rings. The summed E-state index contributed by atoms with van der Waals surface area (Å²) in [5.41, 5.74) is 3.80. The number of nitrogens with one attached hydrogen (secondary N) is 1. The van der Waals surface area contributed by atoms with Gasteiger partial charge in [-0.05, 0) is 55.7 Å². The third kappa shape index (κ3) is 2.58. The van der Waals surface area contributed by atoms with E-state index in [0.717, 1.165) is 37.9 Å². The van der Waals surface area contributed by atoms with Gasteiger partial charge in [-0.25, -0.2) is 4.39 Å². The van der Waals surface area contributed by atoms with Gasteiger partial charge in [-0.3, -0.25) is 11.3 Å². The molecule has 1 aromatic rings. The van der Waals surface area contributed by atoms with Gasteiger partial charge in [0.2, 0.25) is 0 Å². The first-order chi connectivity index (χ1) is 9.63. The van der Waals surface area contributed by atoms with E-state index in [1.165, 1.54) is 18.6 Å². The van der Waals surface area contributed by atoms with Gasteiger partial charge in [0.05, 0.1) is 11.6 Å². The van der Waals surface area contributed by atoms with Crippen molar-refractivity contribution < 1.29 is 9.13 Å². The fourth-order valence-corrected chi connectivity index (χ4v) is 3.79. The summed E-state index contributed by atoms with van der Waals surface area (Å²) < 4.78 is 19.1. The molecule has 1 saturated heterocycles. The highest BCUT2D eigenvalue weighted by molar-refractivity contribution is 6.31. The lowest BCUT2D eigenvalue weighted by Gasteiger charge is -2.48. The molecule has 1 saturated carbocycles. The van der Waals surface area contributed by atoms with E-state index in [2.05, 4.69) is 5.43 Å². The molecule has 2 atom stereocenters. The summed E-state index contributed by atoms with van der Waals surface area (Å²) in [4.78, 5) is 0. The van der Waals surface area contributed by atoms with Crippen LogP contribution in [0.3, 0.4) is 0 Å². The Morgan fingerprint density at radius 3 is 2.85 bits per heavy atom. The van der Waals surface area contributed by atoms with E-state index in [4.69, 9.17) is 22.2 Å². The van der Waals surface area contributed by atoms with Crippen LogP contribution in [0.1, 0.15) is 43.7 Å². The smallest absolute Gasteiger partial charge is 0.124 e. The van der Waals surface area contributed by atoms with E-state index in [9.17, 15) is 4.39 Å². The normalized spacial score (nSPS) is 26.2. The van der Waals surface area contributed by atoms with Gasteiger partial charge in [0, 0.05) is 11.6 Å². The van der Waals surface area contributed by atoms with Crippen molar-refractivity contribution in [2.75, 3.05) is 6.61 Å². The highest BCUT2D eigenvalue weighted by Gasteiger charge is 2.44. The summed E-state index contributed by atoms with van der Waals surface area (Å²) in [6.07, 6.45) is 5.46. The molecule has 0 aromatic heterocycles. The van der Waals surface area contributed by atoms with Crippen LogP contribution in [0.5, 0.6) is 0 Å². The van der Waals surface area contributed by atoms with Crippen molar-refractivity contribution in [1.29, 1.82) is 0 Å². The Labute approximate surface area is 123 Å². The molecule has 0 amide bonds. The topological polar surface area (TPSA) is 47.3 Å². The van der Waals surface area contributed by atoms with Crippen molar-refractivity contribution in [2.45, 2.75) is 43.7 Å². The standard InChI is InChI=1S/C15H20ClFN2O/c16-13-8-11(17)2-3-12(13)14(19-18)10-4-7-20-15(9-10)5-1-6-15/h2-3,8,10,14,19H,1,4-7,9,18H2. The predicted molar refractivity (Wildman–Crippen MR) is 76.7 cm³/mol. The molecule has 1 aliphatic heterocycles. The van der Waals surface area contributed by atoms with E-state index < -0.39 is 0 Å². The molecular formula is C15H20ClFN2O. The lowest BCUT2D eigenvalue weighted by molar-refractivity contribution is -0.147. The first-order valence-electron chi connectivity index (χ1n) is 7.19. The van der Waals surface area contributed by atoms with Gasteiger partial charge in [0.15, 0.2) is 0 Å². The molecule has 1 heterocycles. The maximum Gasteiger partial charge on any atom is 0.124 e. The number of benzene rings is 1. The molecule has 0 bridgehead atoms. The summed E-state index contributed by atoms with van der Waals surface area (Å²) in [5.74, 6) is 5.80. The molecule has 5 heteroatoms. The molecule has 110 valence electrons. The highest BCUT2D eigenvalue weighted by atomic mass is 35.5. The number of ether oxygens (including phenoxy) is 1. The van der Waals surface area contributed by atoms with Crippen LogP contribution >= 0.6 is 11.6 Å². The minimum atomic E-state index is -0.322. The van der Waals surface area contributed by atoms with Gasteiger partial charge in [-0.15, -0.1) is 0 Å². The zero-order chi connectivity index (χ0) is 14.2. The Bertz CT molecular complexity index is 493. The fourth-order valence-electron chi connectivity index (χ4n) is 3.50. The van der Waals surface area contributed by atoms with Gasteiger partial charge in [-0.1, -0.05) is 17.7 Å². The summed E-state index contributed by atoms with van der Waals surface area (Å²) >= 11 is 6.17. The molecule has 3 nitrogen and oxygen atoms in total. The molecule has 2 unspecified atom stereocenters. The lowest BCUT2D eigenvalue weighted by Crippen LogP contribution is -2.48. The number of rotatable bonds is 3. The maximum atomic E-state index is 13.2. The van der Waals surface area contributed by atoms with Crippen molar-refractivity contribution in [3.63, 3.8) is 0 Å². The van der Waals surface area contributed by atoms with Crippen molar-refractivity contribution in [3.05, 3.63) is 34.6 Å². The molecule has 1 spiro atoms. The molecule has 20 heavy (non-hydrogen) atoms. The minimum absolute atomic E-state index is 0.0514. The van der Waals surface area contributed by atoms with Crippen LogP contribution in [0.4, 0.5) is 4.39 Å². The Hall–Kier alpha value is -0.680. The number of hydrazine groups is 1. The molecular weight excluding hydrogens is 279 g/mol. The first-order valence-corrected chi connectivity index (χ1v) is 7.56. The van der Waals surface area contributed by atoms with Crippen LogP contribution < -0.4 is 11.3 Å². The van der Waals surface area contributed by atoms with Gasteiger partial charge in [-0.2, -0.15) is 0 Å².